The zero-order chi connectivity index (χ0) is 18.9. The number of hydrogen-bond donors (Lipinski definition) is 2. The lowest BCUT2D eigenvalue weighted by Crippen LogP contribution is -2.20. The Morgan fingerprint density at radius 3 is 2.69 bits per heavy atom. The molecule has 0 bridgehead atoms. The third-order valence-electron chi connectivity index (χ3n) is 4.05. The van der Waals surface area contributed by atoms with Crippen molar-refractivity contribution in [1.82, 2.24) is 10.2 Å². The zero-order valence-electron chi connectivity index (χ0n) is 16.1. The molecule has 2 heterocycles. The first-order valence-corrected chi connectivity index (χ1v) is 9.00. The van der Waals surface area contributed by atoms with Crippen LogP contribution in [0.5, 0.6) is 11.5 Å². The van der Waals surface area contributed by atoms with E-state index in [9.17, 15) is 4.79 Å². The molecule has 6 heteroatoms. The van der Waals surface area contributed by atoms with Crippen molar-refractivity contribution in [3.05, 3.63) is 23.9 Å². The molecule has 3 rings (SSSR count). The molecule has 140 valence electrons. The third kappa shape index (κ3) is 4.18. The average molecular weight is 357 g/mol. The van der Waals surface area contributed by atoms with Gasteiger partial charge in [0, 0.05) is 12.0 Å². The normalized spacial score (nSPS) is 13.3. The van der Waals surface area contributed by atoms with Crippen molar-refractivity contribution in [3.8, 4) is 22.8 Å². The van der Waals surface area contributed by atoms with Crippen LogP contribution in [0.4, 0.5) is 5.69 Å². The Hall–Kier alpha value is -2.50. The second-order valence-corrected chi connectivity index (χ2v) is 8.38. The highest BCUT2D eigenvalue weighted by atomic mass is 16.7. The second-order valence-electron chi connectivity index (χ2n) is 8.38. The molecule has 2 aromatic rings. The lowest BCUT2D eigenvalue weighted by molar-refractivity contribution is -0.117. The number of amides is 1. The lowest BCUT2D eigenvalue weighted by Gasteiger charge is -2.18. The van der Waals surface area contributed by atoms with E-state index >= 15 is 0 Å². The molecule has 0 aliphatic carbocycles. The van der Waals surface area contributed by atoms with Gasteiger partial charge in [-0.2, -0.15) is 5.10 Å². The standard InChI is InChI=1S/C20H27N3O3/c1-12(2)8-14-19(21-17(24)10-20(3,4)5)18(23-22-14)13-6-7-15-16(9-13)26-11-25-15/h6-7,9,12H,8,10-11H2,1-5H3,(H,21,24)(H,22,23). The summed E-state index contributed by atoms with van der Waals surface area (Å²) in [6.07, 6.45) is 1.25. The Morgan fingerprint density at radius 1 is 1.27 bits per heavy atom. The first kappa shape index (κ1) is 18.3. The predicted molar refractivity (Wildman–Crippen MR) is 101 cm³/mol. The van der Waals surface area contributed by atoms with E-state index in [1.54, 1.807) is 0 Å². The first-order valence-electron chi connectivity index (χ1n) is 9.00. The summed E-state index contributed by atoms with van der Waals surface area (Å²) in [6, 6.07) is 5.70. The Morgan fingerprint density at radius 2 is 2.00 bits per heavy atom. The maximum Gasteiger partial charge on any atom is 0.231 e. The van der Waals surface area contributed by atoms with E-state index in [0.717, 1.165) is 34.8 Å². The minimum atomic E-state index is -0.0784. The van der Waals surface area contributed by atoms with Gasteiger partial charge in [-0.15, -0.1) is 0 Å². The monoisotopic (exact) mass is 357 g/mol. The summed E-state index contributed by atoms with van der Waals surface area (Å²) in [5, 5.41) is 10.7. The number of benzene rings is 1. The van der Waals surface area contributed by atoms with E-state index in [1.165, 1.54) is 0 Å². The number of H-pyrrole nitrogens is 1. The fourth-order valence-electron chi connectivity index (χ4n) is 2.99. The number of nitrogens with zero attached hydrogens (tertiary/aromatic N) is 1. The third-order valence-corrected chi connectivity index (χ3v) is 4.05. The summed E-state index contributed by atoms with van der Waals surface area (Å²) in [6.45, 7) is 10.7. The topological polar surface area (TPSA) is 76.2 Å². The number of ether oxygens (including phenoxy) is 2. The van der Waals surface area contributed by atoms with Gasteiger partial charge in [-0.05, 0) is 36.0 Å². The summed E-state index contributed by atoms with van der Waals surface area (Å²) in [4.78, 5) is 12.5. The highest BCUT2D eigenvalue weighted by molar-refractivity contribution is 5.96. The number of nitrogens with one attached hydrogen (secondary N) is 2. The van der Waals surface area contributed by atoms with Crippen molar-refractivity contribution in [2.45, 2.75) is 47.5 Å². The van der Waals surface area contributed by atoms with Gasteiger partial charge in [-0.25, -0.2) is 0 Å². The van der Waals surface area contributed by atoms with E-state index in [4.69, 9.17) is 9.47 Å². The van der Waals surface area contributed by atoms with Crippen LogP contribution in [0.25, 0.3) is 11.3 Å². The summed E-state index contributed by atoms with van der Waals surface area (Å²) in [5.41, 5.74) is 3.22. The lowest BCUT2D eigenvalue weighted by atomic mass is 9.92. The van der Waals surface area contributed by atoms with Crippen LogP contribution in [0.3, 0.4) is 0 Å². The fraction of sp³-hybridized carbons (Fsp3) is 0.500. The molecule has 0 radical (unpaired) electrons. The van der Waals surface area contributed by atoms with Crippen LogP contribution in [-0.2, 0) is 11.2 Å². The summed E-state index contributed by atoms with van der Waals surface area (Å²) in [7, 11) is 0. The van der Waals surface area contributed by atoms with Crippen LogP contribution in [-0.4, -0.2) is 22.9 Å². The molecule has 0 fully saturated rings. The Balaban J connectivity index is 1.94. The fourth-order valence-corrected chi connectivity index (χ4v) is 2.99. The maximum absolute atomic E-state index is 12.5. The highest BCUT2D eigenvalue weighted by Crippen LogP contribution is 2.38. The van der Waals surface area contributed by atoms with Crippen molar-refractivity contribution in [1.29, 1.82) is 0 Å². The average Bonchev–Trinajstić information content (AvgIpc) is 3.11. The molecule has 6 nitrogen and oxygen atoms in total. The van der Waals surface area contributed by atoms with Crippen molar-refractivity contribution in [2.75, 3.05) is 12.1 Å². The van der Waals surface area contributed by atoms with Gasteiger partial charge in [0.1, 0.15) is 5.69 Å². The number of anilines is 1. The molecule has 26 heavy (non-hydrogen) atoms. The molecule has 1 aliphatic rings. The number of hydrogen-bond acceptors (Lipinski definition) is 4. The predicted octanol–water partition coefficient (Wildman–Crippen LogP) is 4.38. The number of carbonyl (C=O) groups is 1. The van der Waals surface area contributed by atoms with Crippen LogP contribution in [0.1, 0.15) is 46.7 Å². The summed E-state index contributed by atoms with van der Waals surface area (Å²) >= 11 is 0. The molecular formula is C20H27N3O3. The molecule has 0 spiro atoms. The van der Waals surface area contributed by atoms with Crippen LogP contribution in [0, 0.1) is 11.3 Å². The SMILES string of the molecule is CC(C)Cc1[nH]nc(-c2ccc3c(c2)OCO3)c1NC(=O)CC(C)(C)C. The van der Waals surface area contributed by atoms with Gasteiger partial charge in [0.25, 0.3) is 0 Å². The van der Waals surface area contributed by atoms with Crippen LogP contribution >= 0.6 is 0 Å². The van der Waals surface area contributed by atoms with E-state index in [2.05, 4.69) is 50.1 Å². The number of fused-ring (bicyclic) bond motifs is 1. The molecule has 0 saturated carbocycles. The van der Waals surface area contributed by atoms with Crippen LogP contribution < -0.4 is 14.8 Å². The van der Waals surface area contributed by atoms with Crippen LogP contribution in [0.2, 0.25) is 0 Å². The van der Waals surface area contributed by atoms with Gasteiger partial charge in [-0.1, -0.05) is 34.6 Å². The molecule has 1 amide bonds. The van der Waals surface area contributed by atoms with E-state index in [0.29, 0.717) is 18.1 Å². The molecule has 2 N–H and O–H groups in total. The minimum absolute atomic E-state index is 0.00843. The van der Waals surface area contributed by atoms with Gasteiger partial charge in [0.2, 0.25) is 12.7 Å². The quantitative estimate of drug-likeness (QED) is 0.833. The van der Waals surface area contributed by atoms with Gasteiger partial charge in [-0.3, -0.25) is 9.89 Å². The Bertz CT molecular complexity index is 803. The van der Waals surface area contributed by atoms with Gasteiger partial charge in [0.15, 0.2) is 11.5 Å². The second kappa shape index (κ2) is 7.02. The van der Waals surface area contributed by atoms with E-state index in [-0.39, 0.29) is 18.1 Å². The summed E-state index contributed by atoms with van der Waals surface area (Å²) < 4.78 is 10.8. The number of aromatic nitrogens is 2. The summed E-state index contributed by atoms with van der Waals surface area (Å²) in [5.74, 6) is 1.86. The van der Waals surface area contributed by atoms with Crippen molar-refractivity contribution >= 4 is 11.6 Å². The van der Waals surface area contributed by atoms with Gasteiger partial charge in [0.05, 0.1) is 11.4 Å². The maximum atomic E-state index is 12.5. The highest BCUT2D eigenvalue weighted by Gasteiger charge is 2.23. The molecule has 1 aromatic carbocycles. The van der Waals surface area contributed by atoms with E-state index < -0.39 is 0 Å². The molecule has 1 aliphatic heterocycles. The Labute approximate surface area is 154 Å². The number of aromatic amines is 1. The first-order chi connectivity index (χ1) is 12.2. The molecule has 0 atom stereocenters. The number of rotatable bonds is 5. The van der Waals surface area contributed by atoms with Crippen molar-refractivity contribution < 1.29 is 14.3 Å². The zero-order valence-corrected chi connectivity index (χ0v) is 16.1. The van der Waals surface area contributed by atoms with Crippen molar-refractivity contribution in [3.63, 3.8) is 0 Å². The largest absolute Gasteiger partial charge is 0.454 e. The number of carbonyl (C=O) groups excluding carboxylic acids is 1. The Kier molecular flexibility index (Phi) is 4.94. The molecule has 0 unspecified atom stereocenters. The molecule has 1 aromatic heterocycles. The molecule has 0 saturated heterocycles. The molecular weight excluding hydrogens is 330 g/mol. The van der Waals surface area contributed by atoms with E-state index in [1.807, 2.05) is 18.2 Å². The minimum Gasteiger partial charge on any atom is -0.454 e. The smallest absolute Gasteiger partial charge is 0.231 e. The van der Waals surface area contributed by atoms with Crippen LogP contribution in [0.15, 0.2) is 18.2 Å². The van der Waals surface area contributed by atoms with Gasteiger partial charge < -0.3 is 14.8 Å². The van der Waals surface area contributed by atoms with Gasteiger partial charge >= 0.3 is 0 Å². The van der Waals surface area contributed by atoms with Crippen molar-refractivity contribution in [2.24, 2.45) is 11.3 Å².